The van der Waals surface area contributed by atoms with E-state index in [-0.39, 0.29) is 5.91 Å². The smallest absolute Gasteiger partial charge is 0.247 e. The van der Waals surface area contributed by atoms with E-state index in [9.17, 15) is 9.59 Å². The first-order valence-corrected chi connectivity index (χ1v) is 6.11. The number of allylic oxidation sites excluding steroid dienone is 1. The van der Waals surface area contributed by atoms with E-state index in [0.29, 0.717) is 5.57 Å². The third kappa shape index (κ3) is 1.84. The quantitative estimate of drug-likeness (QED) is 0.835. The van der Waals surface area contributed by atoms with Crippen LogP contribution in [0.1, 0.15) is 33.3 Å². The minimum absolute atomic E-state index is 0.122. The van der Waals surface area contributed by atoms with Gasteiger partial charge in [0, 0.05) is 18.1 Å². The second kappa shape index (κ2) is 4.23. The fraction of sp³-hybridized carbons (Fsp3) is 0.333. The first-order valence-electron chi connectivity index (χ1n) is 6.11. The van der Waals surface area contributed by atoms with Crippen LogP contribution < -0.4 is 10.6 Å². The van der Waals surface area contributed by atoms with Crippen LogP contribution in [0, 0.1) is 6.07 Å². The molecule has 0 atom stereocenters. The molecule has 2 amide bonds. The van der Waals surface area contributed by atoms with E-state index in [1.807, 2.05) is 26.8 Å². The SMILES string of the molecule is CC(=O)N1c2cc[c]cc2C(C)=C(C(N)=O)C1(C)C. The van der Waals surface area contributed by atoms with Gasteiger partial charge in [0.15, 0.2) is 0 Å². The summed E-state index contributed by atoms with van der Waals surface area (Å²) in [5.74, 6) is -0.619. The van der Waals surface area contributed by atoms with Crippen molar-refractivity contribution in [3.63, 3.8) is 0 Å². The molecular formula is C15H17N2O2. The van der Waals surface area contributed by atoms with Crippen LogP contribution in [0.4, 0.5) is 5.69 Å². The number of anilines is 1. The predicted molar refractivity (Wildman–Crippen MR) is 74.3 cm³/mol. The Morgan fingerprint density at radius 3 is 2.53 bits per heavy atom. The molecule has 0 bridgehead atoms. The zero-order valence-corrected chi connectivity index (χ0v) is 11.6. The minimum Gasteiger partial charge on any atom is -0.366 e. The fourth-order valence-electron chi connectivity index (χ4n) is 2.97. The van der Waals surface area contributed by atoms with Gasteiger partial charge in [-0.25, -0.2) is 0 Å². The number of hydrogen-bond acceptors (Lipinski definition) is 2. The summed E-state index contributed by atoms with van der Waals surface area (Å²) in [5, 5.41) is 0. The van der Waals surface area contributed by atoms with Gasteiger partial charge in [0.1, 0.15) is 0 Å². The van der Waals surface area contributed by atoms with E-state index < -0.39 is 11.4 Å². The van der Waals surface area contributed by atoms with Crippen LogP contribution in [0.3, 0.4) is 0 Å². The molecule has 1 aromatic rings. The van der Waals surface area contributed by atoms with Crippen molar-refractivity contribution in [3.8, 4) is 0 Å². The highest BCUT2D eigenvalue weighted by Gasteiger charge is 2.42. The van der Waals surface area contributed by atoms with Crippen LogP contribution in [0.2, 0.25) is 0 Å². The summed E-state index contributed by atoms with van der Waals surface area (Å²) in [6, 6.07) is 8.34. The van der Waals surface area contributed by atoms with Gasteiger partial charge >= 0.3 is 0 Å². The molecule has 1 radical (unpaired) electrons. The Morgan fingerprint density at radius 2 is 2.00 bits per heavy atom. The fourth-order valence-corrected chi connectivity index (χ4v) is 2.97. The number of carbonyl (C=O) groups is 2. The highest BCUT2D eigenvalue weighted by atomic mass is 16.2. The largest absolute Gasteiger partial charge is 0.366 e. The van der Waals surface area contributed by atoms with Crippen molar-refractivity contribution in [3.05, 3.63) is 35.4 Å². The summed E-state index contributed by atoms with van der Waals surface area (Å²) in [6.07, 6.45) is 0. The summed E-state index contributed by atoms with van der Waals surface area (Å²) in [6.45, 7) is 7.00. The molecule has 0 saturated carbocycles. The molecule has 1 aliphatic heterocycles. The maximum absolute atomic E-state index is 12.0. The van der Waals surface area contributed by atoms with Gasteiger partial charge in [-0.2, -0.15) is 0 Å². The monoisotopic (exact) mass is 257 g/mol. The molecule has 99 valence electrons. The van der Waals surface area contributed by atoms with E-state index >= 15 is 0 Å². The summed E-state index contributed by atoms with van der Waals surface area (Å²) < 4.78 is 0. The number of primary amides is 1. The second-order valence-corrected chi connectivity index (χ2v) is 5.22. The van der Waals surface area contributed by atoms with E-state index in [1.54, 1.807) is 17.0 Å². The van der Waals surface area contributed by atoms with E-state index in [1.165, 1.54) is 6.92 Å². The average molecular weight is 257 g/mol. The maximum atomic E-state index is 12.0. The van der Waals surface area contributed by atoms with E-state index in [0.717, 1.165) is 16.8 Å². The van der Waals surface area contributed by atoms with Crippen LogP contribution >= 0.6 is 0 Å². The Balaban J connectivity index is 2.83. The molecule has 1 aromatic carbocycles. The Hall–Kier alpha value is -2.10. The van der Waals surface area contributed by atoms with Gasteiger partial charge in [-0.05, 0) is 44.5 Å². The molecule has 1 aliphatic rings. The standard InChI is InChI=1S/C15H17N2O2/c1-9-11-7-5-6-8-12(11)17(10(2)18)15(3,4)13(9)14(16)19/h6-8H,1-4H3,(H2,16,19). The van der Waals surface area contributed by atoms with Crippen molar-refractivity contribution in [1.29, 1.82) is 0 Å². The number of nitrogens with zero attached hydrogens (tertiary/aromatic N) is 1. The lowest BCUT2D eigenvalue weighted by atomic mass is 9.80. The van der Waals surface area contributed by atoms with Crippen molar-refractivity contribution < 1.29 is 9.59 Å². The van der Waals surface area contributed by atoms with Crippen molar-refractivity contribution in [2.75, 3.05) is 4.90 Å². The van der Waals surface area contributed by atoms with Crippen LogP contribution in [0.25, 0.3) is 5.57 Å². The number of fused-ring (bicyclic) bond motifs is 1. The lowest BCUT2D eigenvalue weighted by Crippen LogP contribution is -2.53. The van der Waals surface area contributed by atoms with Crippen LogP contribution in [-0.4, -0.2) is 17.4 Å². The second-order valence-electron chi connectivity index (χ2n) is 5.22. The topological polar surface area (TPSA) is 63.4 Å². The molecule has 1 heterocycles. The van der Waals surface area contributed by atoms with Gasteiger partial charge in [-0.1, -0.05) is 6.07 Å². The van der Waals surface area contributed by atoms with Gasteiger partial charge in [0.2, 0.25) is 11.8 Å². The van der Waals surface area contributed by atoms with E-state index in [2.05, 4.69) is 6.07 Å². The number of rotatable bonds is 1. The van der Waals surface area contributed by atoms with Crippen molar-refractivity contribution in [2.24, 2.45) is 5.73 Å². The summed E-state index contributed by atoms with van der Waals surface area (Å²) in [5.41, 5.74) is 7.64. The van der Waals surface area contributed by atoms with Crippen LogP contribution in [-0.2, 0) is 9.59 Å². The van der Waals surface area contributed by atoms with Gasteiger partial charge in [-0.3, -0.25) is 9.59 Å². The summed E-state index contributed by atoms with van der Waals surface area (Å²) >= 11 is 0. The number of nitrogens with two attached hydrogens (primary N) is 1. The van der Waals surface area contributed by atoms with Gasteiger partial charge < -0.3 is 10.6 Å². The lowest BCUT2D eigenvalue weighted by molar-refractivity contribution is -0.117. The van der Waals surface area contributed by atoms with Crippen LogP contribution in [0.5, 0.6) is 0 Å². The normalized spacial score (nSPS) is 17.2. The highest BCUT2D eigenvalue weighted by molar-refractivity contribution is 6.10. The molecule has 2 rings (SSSR count). The number of carbonyl (C=O) groups excluding carboxylic acids is 2. The number of hydrogen-bond donors (Lipinski definition) is 1. The minimum atomic E-state index is -0.754. The van der Waals surface area contributed by atoms with E-state index in [4.69, 9.17) is 5.73 Å². The molecule has 0 unspecified atom stereocenters. The third-order valence-electron chi connectivity index (χ3n) is 3.59. The lowest BCUT2D eigenvalue weighted by Gasteiger charge is -2.44. The molecule has 2 N–H and O–H groups in total. The zero-order valence-electron chi connectivity index (χ0n) is 11.6. The Morgan fingerprint density at radius 1 is 1.37 bits per heavy atom. The molecule has 0 spiro atoms. The van der Waals surface area contributed by atoms with Crippen molar-refractivity contribution >= 4 is 23.1 Å². The first kappa shape index (κ1) is 13.3. The molecular weight excluding hydrogens is 240 g/mol. The molecule has 4 nitrogen and oxygen atoms in total. The Bertz CT molecular complexity index is 600. The number of benzene rings is 1. The molecule has 0 saturated heterocycles. The summed E-state index contributed by atoms with van der Waals surface area (Å²) in [7, 11) is 0. The van der Waals surface area contributed by atoms with Crippen molar-refractivity contribution in [2.45, 2.75) is 33.2 Å². The molecule has 0 fully saturated rings. The first-order chi connectivity index (χ1) is 8.78. The van der Waals surface area contributed by atoms with Gasteiger partial charge in [0.05, 0.1) is 11.2 Å². The van der Waals surface area contributed by atoms with Gasteiger partial charge in [0.25, 0.3) is 0 Å². The third-order valence-corrected chi connectivity index (χ3v) is 3.59. The predicted octanol–water partition coefficient (Wildman–Crippen LogP) is 1.89. The van der Waals surface area contributed by atoms with Crippen LogP contribution in [0.15, 0.2) is 23.8 Å². The summed E-state index contributed by atoms with van der Waals surface area (Å²) in [4.78, 5) is 25.4. The molecule has 0 aromatic heterocycles. The maximum Gasteiger partial charge on any atom is 0.247 e. The Kier molecular flexibility index (Phi) is 2.97. The highest BCUT2D eigenvalue weighted by Crippen LogP contribution is 2.43. The zero-order chi connectivity index (χ0) is 14.4. The Labute approximate surface area is 112 Å². The number of amides is 2. The molecule has 0 aliphatic carbocycles. The van der Waals surface area contributed by atoms with Crippen molar-refractivity contribution in [1.82, 2.24) is 0 Å². The van der Waals surface area contributed by atoms with Gasteiger partial charge in [-0.15, -0.1) is 0 Å². The molecule has 4 heteroatoms. The average Bonchev–Trinajstić information content (AvgIpc) is 2.26. The molecule has 19 heavy (non-hydrogen) atoms.